The first-order valence-electron chi connectivity index (χ1n) is 10.2. The summed E-state index contributed by atoms with van der Waals surface area (Å²) in [6, 6.07) is 5.33. The molecule has 0 saturated carbocycles. The van der Waals surface area contributed by atoms with Crippen LogP contribution < -0.4 is 20.6 Å². The highest BCUT2D eigenvalue weighted by molar-refractivity contribution is 5.85. The van der Waals surface area contributed by atoms with E-state index in [4.69, 9.17) is 19.9 Å². The first-order chi connectivity index (χ1) is 16.0. The number of fused-ring (bicyclic) bond motifs is 1. The quantitative estimate of drug-likeness (QED) is 0.223. The van der Waals surface area contributed by atoms with Crippen LogP contribution in [0.25, 0.3) is 11.2 Å². The molecule has 0 spiro atoms. The van der Waals surface area contributed by atoms with E-state index in [1.165, 1.54) is 17.1 Å². The van der Waals surface area contributed by atoms with Crippen molar-refractivity contribution in [1.82, 2.24) is 19.5 Å². The monoisotopic (exact) mass is 459 g/mol. The lowest BCUT2D eigenvalue weighted by Crippen LogP contribution is -2.33. The molecule has 1 aromatic carbocycles. The van der Waals surface area contributed by atoms with Gasteiger partial charge in [-0.15, -0.1) is 0 Å². The fraction of sp³-hybridized carbons (Fsp3) is 0.400. The Bertz CT molecular complexity index is 1150. The van der Waals surface area contributed by atoms with Gasteiger partial charge in [0.25, 0.3) is 0 Å². The second-order valence-electron chi connectivity index (χ2n) is 7.18. The van der Waals surface area contributed by atoms with Crippen molar-refractivity contribution in [3.8, 4) is 11.5 Å². The van der Waals surface area contributed by atoms with Gasteiger partial charge in [-0.1, -0.05) is 0 Å². The minimum absolute atomic E-state index is 0.119. The molecule has 13 heteroatoms. The number of aliphatic hydroxyl groups excluding tert-OH is 3. The number of ether oxygens (including phenoxy) is 3. The van der Waals surface area contributed by atoms with Crippen LogP contribution in [-0.4, -0.2) is 79.7 Å². The molecule has 3 heterocycles. The molecule has 1 aliphatic rings. The number of aliphatic hydroxyl groups is 3. The summed E-state index contributed by atoms with van der Waals surface area (Å²) < 4.78 is 17.9. The molecule has 3 aromatic rings. The van der Waals surface area contributed by atoms with Crippen molar-refractivity contribution < 1.29 is 29.5 Å². The van der Waals surface area contributed by atoms with Crippen molar-refractivity contribution >= 4 is 29.1 Å². The normalized spacial score (nSPS) is 22.8. The standard InChI is InChI=1S/C20H25N7O6/c1-3-32-11-5-4-10(6-12(11)31-2)7-24-26-20-25-14-17(21)22-9-23-18(14)27(20)19-16(30)15(29)13(8-28)33-19/h4-7,9,13,15-16,19,28-30H,3,8H2,1-2H3,(H,25,26)(H2,21,22,23)/t13-,15+,16-,19-/m0/s1. The first kappa shape index (κ1) is 22.7. The number of hydrazone groups is 1. The molecule has 0 amide bonds. The SMILES string of the molecule is CCOc1ccc(C=NNc2nc3c(N)ncnc3n2[C@H]2O[C@@H](CO)[C@@H](O)[C@@H]2O)cc1OC. The molecule has 1 aliphatic heterocycles. The van der Waals surface area contributed by atoms with E-state index in [1.54, 1.807) is 25.3 Å². The van der Waals surface area contributed by atoms with E-state index in [0.29, 0.717) is 18.1 Å². The Labute approximate surface area is 188 Å². The molecule has 0 aliphatic carbocycles. The van der Waals surface area contributed by atoms with E-state index >= 15 is 0 Å². The van der Waals surface area contributed by atoms with Gasteiger partial charge in [0, 0.05) is 0 Å². The topological polar surface area (TPSA) is 182 Å². The number of hydrogen-bond acceptors (Lipinski definition) is 12. The molecule has 6 N–H and O–H groups in total. The van der Waals surface area contributed by atoms with E-state index in [2.05, 4.69) is 25.5 Å². The van der Waals surface area contributed by atoms with Gasteiger partial charge in [0.2, 0.25) is 5.95 Å². The predicted molar refractivity (Wildman–Crippen MR) is 118 cm³/mol. The number of anilines is 2. The lowest BCUT2D eigenvalue weighted by molar-refractivity contribution is -0.0501. The largest absolute Gasteiger partial charge is 0.493 e. The molecule has 1 saturated heterocycles. The number of methoxy groups -OCH3 is 1. The number of rotatable bonds is 8. The lowest BCUT2D eigenvalue weighted by atomic mass is 10.1. The van der Waals surface area contributed by atoms with Gasteiger partial charge in [0.15, 0.2) is 34.7 Å². The Morgan fingerprint density at radius 1 is 1.27 bits per heavy atom. The van der Waals surface area contributed by atoms with Crippen molar-refractivity contribution in [3.63, 3.8) is 0 Å². The van der Waals surface area contributed by atoms with Gasteiger partial charge in [-0.2, -0.15) is 5.10 Å². The van der Waals surface area contributed by atoms with E-state index in [-0.39, 0.29) is 22.9 Å². The van der Waals surface area contributed by atoms with Gasteiger partial charge in [0.05, 0.1) is 26.5 Å². The molecule has 0 bridgehead atoms. The number of nitrogens with zero attached hydrogens (tertiary/aromatic N) is 5. The lowest BCUT2D eigenvalue weighted by Gasteiger charge is -2.18. The molecule has 176 valence electrons. The van der Waals surface area contributed by atoms with E-state index in [0.717, 1.165) is 5.56 Å². The van der Waals surface area contributed by atoms with Gasteiger partial charge in [-0.25, -0.2) is 20.4 Å². The van der Waals surface area contributed by atoms with Gasteiger partial charge in [-0.3, -0.25) is 4.57 Å². The van der Waals surface area contributed by atoms with Crippen molar-refractivity contribution in [2.24, 2.45) is 5.10 Å². The van der Waals surface area contributed by atoms with Crippen molar-refractivity contribution in [2.45, 2.75) is 31.5 Å². The van der Waals surface area contributed by atoms with Crippen LogP contribution in [-0.2, 0) is 4.74 Å². The fourth-order valence-corrected chi connectivity index (χ4v) is 3.54. The minimum atomic E-state index is -1.35. The highest BCUT2D eigenvalue weighted by Crippen LogP contribution is 2.35. The molecule has 33 heavy (non-hydrogen) atoms. The number of benzene rings is 1. The van der Waals surface area contributed by atoms with Crippen LogP contribution >= 0.6 is 0 Å². The van der Waals surface area contributed by atoms with Gasteiger partial charge in [-0.05, 0) is 30.7 Å². The van der Waals surface area contributed by atoms with Crippen molar-refractivity contribution in [2.75, 3.05) is 31.5 Å². The number of aromatic nitrogens is 4. The Morgan fingerprint density at radius 2 is 2.09 bits per heavy atom. The van der Waals surface area contributed by atoms with Gasteiger partial charge < -0.3 is 35.3 Å². The molecule has 4 rings (SSSR count). The average Bonchev–Trinajstić information content (AvgIpc) is 3.32. The van der Waals surface area contributed by atoms with E-state index in [9.17, 15) is 15.3 Å². The Balaban J connectivity index is 1.66. The summed E-state index contributed by atoms with van der Waals surface area (Å²) in [7, 11) is 1.55. The highest BCUT2D eigenvalue weighted by atomic mass is 16.6. The van der Waals surface area contributed by atoms with Crippen LogP contribution in [0.4, 0.5) is 11.8 Å². The van der Waals surface area contributed by atoms with E-state index < -0.39 is 31.1 Å². The summed E-state index contributed by atoms with van der Waals surface area (Å²) in [6.45, 7) is 1.92. The smallest absolute Gasteiger partial charge is 0.228 e. The number of imidazole rings is 1. The average molecular weight is 459 g/mol. The van der Waals surface area contributed by atoms with Crippen molar-refractivity contribution in [1.29, 1.82) is 0 Å². The van der Waals surface area contributed by atoms with Crippen LogP contribution in [0.2, 0.25) is 0 Å². The highest BCUT2D eigenvalue weighted by Gasteiger charge is 2.45. The van der Waals surface area contributed by atoms with Crippen LogP contribution in [0.5, 0.6) is 11.5 Å². The second-order valence-corrected chi connectivity index (χ2v) is 7.18. The fourth-order valence-electron chi connectivity index (χ4n) is 3.54. The number of nitrogen functional groups attached to an aromatic ring is 1. The maximum Gasteiger partial charge on any atom is 0.228 e. The number of nitrogens with two attached hydrogens (primary N) is 1. The molecule has 0 unspecified atom stereocenters. The minimum Gasteiger partial charge on any atom is -0.493 e. The van der Waals surface area contributed by atoms with Crippen LogP contribution in [0, 0.1) is 0 Å². The molecule has 1 fully saturated rings. The van der Waals surface area contributed by atoms with Crippen molar-refractivity contribution in [3.05, 3.63) is 30.1 Å². The van der Waals surface area contributed by atoms with Gasteiger partial charge in [0.1, 0.15) is 24.6 Å². The zero-order valence-electron chi connectivity index (χ0n) is 18.0. The summed E-state index contributed by atoms with van der Waals surface area (Å²) in [5.74, 6) is 1.43. The molecule has 2 aromatic heterocycles. The summed E-state index contributed by atoms with van der Waals surface area (Å²) >= 11 is 0. The Hall–Kier alpha value is -3.52. The van der Waals surface area contributed by atoms with Crippen LogP contribution in [0.15, 0.2) is 29.6 Å². The van der Waals surface area contributed by atoms with Gasteiger partial charge >= 0.3 is 0 Å². The molecular weight excluding hydrogens is 434 g/mol. The first-order valence-corrected chi connectivity index (χ1v) is 10.2. The third-order valence-corrected chi connectivity index (χ3v) is 5.14. The molecule has 0 radical (unpaired) electrons. The maximum absolute atomic E-state index is 10.5. The Morgan fingerprint density at radius 3 is 2.79 bits per heavy atom. The molecule has 4 atom stereocenters. The number of nitrogens with one attached hydrogen (secondary N) is 1. The number of hydrogen-bond donors (Lipinski definition) is 5. The van der Waals surface area contributed by atoms with Crippen LogP contribution in [0.3, 0.4) is 0 Å². The zero-order valence-corrected chi connectivity index (χ0v) is 18.0. The predicted octanol–water partition coefficient (Wildman–Crippen LogP) is -0.127. The molecular formula is C20H25N7O6. The Kier molecular flexibility index (Phi) is 6.55. The summed E-state index contributed by atoms with van der Waals surface area (Å²) in [5, 5.41) is 34.3. The second kappa shape index (κ2) is 9.54. The summed E-state index contributed by atoms with van der Waals surface area (Å²) in [5.41, 5.74) is 9.96. The van der Waals surface area contributed by atoms with Crippen LogP contribution in [0.1, 0.15) is 18.7 Å². The molecule has 13 nitrogen and oxygen atoms in total. The summed E-state index contributed by atoms with van der Waals surface area (Å²) in [6.07, 6.45) is -1.95. The maximum atomic E-state index is 10.5. The zero-order chi connectivity index (χ0) is 23.5. The summed E-state index contributed by atoms with van der Waals surface area (Å²) in [4.78, 5) is 12.5. The van der Waals surface area contributed by atoms with E-state index in [1.807, 2.05) is 6.92 Å². The third kappa shape index (κ3) is 4.26. The third-order valence-electron chi connectivity index (χ3n) is 5.14.